The van der Waals surface area contributed by atoms with Crippen LogP contribution in [0.25, 0.3) is 0 Å². The summed E-state index contributed by atoms with van der Waals surface area (Å²) in [5.41, 5.74) is -1.28. The minimum Gasteiger partial charge on any atom is -0.437 e. The molecule has 2 heterocycles. The van der Waals surface area contributed by atoms with Crippen LogP contribution in [0.3, 0.4) is 0 Å². The lowest BCUT2D eigenvalue weighted by Gasteiger charge is -2.41. The molecule has 5 nitrogen and oxygen atoms in total. The maximum atomic E-state index is 12.2. The first-order chi connectivity index (χ1) is 9.34. The minimum absolute atomic E-state index is 0.190. The van der Waals surface area contributed by atoms with Crippen molar-refractivity contribution in [2.24, 2.45) is 5.41 Å². The molecule has 0 spiro atoms. The van der Waals surface area contributed by atoms with Crippen molar-refractivity contribution in [2.75, 3.05) is 6.54 Å². The third kappa shape index (κ3) is 2.33. The summed E-state index contributed by atoms with van der Waals surface area (Å²) in [6.07, 6.45) is 3.01. The van der Waals surface area contributed by atoms with E-state index in [1.165, 1.54) is 0 Å². The molecule has 2 aliphatic heterocycles. The van der Waals surface area contributed by atoms with Crippen LogP contribution in [0.2, 0.25) is 0 Å². The first kappa shape index (κ1) is 16.5. The number of carboxylic acid groups (broad SMARTS) is 1. The molecule has 2 aliphatic rings. The lowest BCUT2D eigenvalue weighted by Crippen LogP contribution is -2.68. The summed E-state index contributed by atoms with van der Waals surface area (Å²) >= 11 is 0. The Morgan fingerprint density at radius 2 is 1.71 bits per heavy atom. The van der Waals surface area contributed by atoms with Crippen molar-refractivity contribution >= 4 is 13.3 Å². The maximum Gasteiger partial charge on any atom is 0.772 e. The standard InChI is InChI=1S/C15H26BNO4/c1-13(2,3)11-9-8-10-17(11,12(18)19)16-20-14(4,5)15(6,7)21-16/h8-9,11H,10H2,1-7H3/p+1. The summed E-state index contributed by atoms with van der Waals surface area (Å²) in [6.45, 7) is 14.3. The Kier molecular flexibility index (Phi) is 3.60. The molecule has 0 radical (unpaired) electrons. The lowest BCUT2D eigenvalue weighted by atomic mass is 9.80. The fourth-order valence-electron chi connectivity index (χ4n) is 3.12. The molecule has 2 unspecified atom stereocenters. The molecule has 0 aromatic rings. The van der Waals surface area contributed by atoms with Gasteiger partial charge in [0.1, 0.15) is 6.04 Å². The molecule has 21 heavy (non-hydrogen) atoms. The van der Waals surface area contributed by atoms with E-state index in [-0.39, 0.29) is 15.9 Å². The molecule has 0 aromatic heterocycles. The van der Waals surface area contributed by atoms with Gasteiger partial charge < -0.3 is 14.4 Å². The molecule has 118 valence electrons. The van der Waals surface area contributed by atoms with Crippen LogP contribution < -0.4 is 0 Å². The topological polar surface area (TPSA) is 55.8 Å². The van der Waals surface area contributed by atoms with Gasteiger partial charge in [0.25, 0.3) is 0 Å². The van der Waals surface area contributed by atoms with E-state index < -0.39 is 24.5 Å². The number of amides is 1. The summed E-state index contributed by atoms with van der Waals surface area (Å²) < 4.78 is 11.9. The second-order valence-corrected chi connectivity index (χ2v) is 8.20. The molecule has 6 heteroatoms. The Bertz CT molecular complexity index is 465. The van der Waals surface area contributed by atoms with Crippen molar-refractivity contribution < 1.29 is 23.6 Å². The van der Waals surface area contributed by atoms with Crippen molar-refractivity contribution in [2.45, 2.75) is 65.7 Å². The van der Waals surface area contributed by atoms with Crippen LogP contribution in [0.15, 0.2) is 12.2 Å². The smallest absolute Gasteiger partial charge is 0.437 e. The van der Waals surface area contributed by atoms with Gasteiger partial charge in [-0.25, -0.2) is 4.39 Å². The second-order valence-electron chi connectivity index (χ2n) is 8.20. The summed E-state index contributed by atoms with van der Waals surface area (Å²) in [5, 5.41) is 9.97. The number of rotatable bonds is 1. The van der Waals surface area contributed by atoms with Crippen molar-refractivity contribution in [3.05, 3.63) is 12.2 Å². The van der Waals surface area contributed by atoms with Gasteiger partial charge >= 0.3 is 13.3 Å². The highest BCUT2D eigenvalue weighted by molar-refractivity contribution is 6.39. The van der Waals surface area contributed by atoms with Crippen LogP contribution >= 0.6 is 0 Å². The highest BCUT2D eigenvalue weighted by atomic mass is 16.7. The fourth-order valence-corrected chi connectivity index (χ4v) is 3.12. The summed E-state index contributed by atoms with van der Waals surface area (Å²) in [7, 11) is -0.799. The van der Waals surface area contributed by atoms with E-state index in [1.807, 2.05) is 39.8 Å². The largest absolute Gasteiger partial charge is 0.772 e. The first-order valence-corrected chi connectivity index (χ1v) is 7.48. The summed E-state index contributed by atoms with van der Waals surface area (Å²) in [6, 6.07) is -0.190. The number of carbonyl (C=O) groups is 1. The average molecular weight is 296 g/mol. The molecule has 0 bridgehead atoms. The summed E-state index contributed by atoms with van der Waals surface area (Å²) in [4.78, 5) is 12.2. The van der Waals surface area contributed by atoms with E-state index in [1.54, 1.807) is 0 Å². The molecular weight excluding hydrogens is 269 g/mol. The molecule has 1 saturated heterocycles. The van der Waals surface area contributed by atoms with Gasteiger partial charge in [-0.1, -0.05) is 20.8 Å². The van der Waals surface area contributed by atoms with E-state index in [0.717, 1.165) is 0 Å². The zero-order valence-corrected chi connectivity index (χ0v) is 14.1. The predicted octanol–water partition coefficient (Wildman–Crippen LogP) is 3.05. The Hall–Kier alpha value is -0.845. The monoisotopic (exact) mass is 296 g/mol. The highest BCUT2D eigenvalue weighted by Crippen LogP contribution is 2.44. The quantitative estimate of drug-likeness (QED) is 0.597. The number of quaternary nitrogens is 1. The van der Waals surface area contributed by atoms with Gasteiger partial charge in [0.05, 0.1) is 17.7 Å². The predicted molar refractivity (Wildman–Crippen MR) is 81.6 cm³/mol. The minimum atomic E-state index is -0.904. The van der Waals surface area contributed by atoms with E-state index in [2.05, 4.69) is 20.8 Å². The van der Waals surface area contributed by atoms with Gasteiger partial charge in [-0.15, -0.1) is 0 Å². The Morgan fingerprint density at radius 1 is 1.24 bits per heavy atom. The van der Waals surface area contributed by atoms with Gasteiger partial charge in [0.15, 0.2) is 0 Å². The molecule has 0 aliphatic carbocycles. The van der Waals surface area contributed by atoms with Crippen LogP contribution in [0.1, 0.15) is 48.5 Å². The number of hydrogen-bond acceptors (Lipinski definition) is 3. The van der Waals surface area contributed by atoms with Crippen LogP contribution in [0.5, 0.6) is 0 Å². The third-order valence-electron chi connectivity index (χ3n) is 5.08. The lowest BCUT2D eigenvalue weighted by molar-refractivity contribution is -0.784. The SMILES string of the molecule is CC(C)(C)C1C=CC[N+]1(B1OC(C)(C)C(C)(C)O1)C(=O)O. The molecule has 0 aromatic carbocycles. The molecule has 1 amide bonds. The van der Waals surface area contributed by atoms with Gasteiger partial charge in [-0.2, -0.15) is 4.79 Å². The fraction of sp³-hybridized carbons (Fsp3) is 0.800. The van der Waals surface area contributed by atoms with Gasteiger partial charge in [-0.05, 0) is 39.8 Å². The van der Waals surface area contributed by atoms with Gasteiger partial charge in [0.2, 0.25) is 0 Å². The molecular formula is C15H27BNO4+. The van der Waals surface area contributed by atoms with E-state index in [0.29, 0.717) is 6.54 Å². The molecule has 1 N–H and O–H groups in total. The van der Waals surface area contributed by atoms with Crippen LogP contribution in [-0.4, -0.2) is 46.6 Å². The normalized spacial score (nSPS) is 34.4. The van der Waals surface area contributed by atoms with Crippen molar-refractivity contribution in [1.82, 2.24) is 0 Å². The molecule has 2 rings (SSSR count). The van der Waals surface area contributed by atoms with Gasteiger partial charge in [-0.3, -0.25) is 0 Å². The molecule has 1 fully saturated rings. The van der Waals surface area contributed by atoms with Crippen molar-refractivity contribution in [3.63, 3.8) is 0 Å². The van der Waals surface area contributed by atoms with Crippen LogP contribution in [-0.2, 0) is 9.31 Å². The number of nitrogens with zero attached hydrogens (tertiary/aromatic N) is 1. The Labute approximate surface area is 127 Å². The number of hydrogen-bond donors (Lipinski definition) is 1. The molecule has 0 saturated carbocycles. The van der Waals surface area contributed by atoms with Crippen LogP contribution in [0, 0.1) is 5.41 Å². The van der Waals surface area contributed by atoms with E-state index >= 15 is 0 Å². The second kappa shape index (κ2) is 4.57. The Morgan fingerprint density at radius 3 is 2.10 bits per heavy atom. The van der Waals surface area contributed by atoms with E-state index in [9.17, 15) is 9.90 Å². The zero-order valence-electron chi connectivity index (χ0n) is 14.1. The van der Waals surface area contributed by atoms with Crippen LogP contribution in [0.4, 0.5) is 4.79 Å². The van der Waals surface area contributed by atoms with E-state index in [4.69, 9.17) is 9.31 Å². The maximum absolute atomic E-state index is 12.2. The van der Waals surface area contributed by atoms with Crippen molar-refractivity contribution in [3.8, 4) is 0 Å². The Balaban J connectivity index is 2.45. The first-order valence-electron chi connectivity index (χ1n) is 7.48. The van der Waals surface area contributed by atoms with Gasteiger partial charge in [0, 0.05) is 5.41 Å². The third-order valence-corrected chi connectivity index (χ3v) is 5.08. The van der Waals surface area contributed by atoms with Crippen molar-refractivity contribution in [1.29, 1.82) is 0 Å². The highest BCUT2D eigenvalue weighted by Gasteiger charge is 2.70. The summed E-state index contributed by atoms with van der Waals surface area (Å²) in [5.74, 6) is 0. The average Bonchev–Trinajstić information content (AvgIpc) is 2.78. The molecule has 2 atom stereocenters. The zero-order chi connectivity index (χ0) is 16.3.